The van der Waals surface area contributed by atoms with E-state index in [0.29, 0.717) is 29.1 Å². The molecule has 0 saturated carbocycles. The summed E-state index contributed by atoms with van der Waals surface area (Å²) in [5.41, 5.74) is 1.77. The first-order valence-corrected chi connectivity index (χ1v) is 9.03. The number of aryl methyl sites for hydroxylation is 1. The van der Waals surface area contributed by atoms with Crippen molar-refractivity contribution in [1.29, 1.82) is 0 Å². The Morgan fingerprint density at radius 2 is 2.07 bits per heavy atom. The first-order chi connectivity index (χ1) is 13.4. The van der Waals surface area contributed by atoms with Gasteiger partial charge in [-0.1, -0.05) is 30.3 Å². The van der Waals surface area contributed by atoms with Crippen LogP contribution < -0.4 is 15.4 Å². The van der Waals surface area contributed by atoms with Crippen LogP contribution in [0.2, 0.25) is 0 Å². The Hall–Kier alpha value is -2.93. The Morgan fingerprint density at radius 3 is 2.79 bits per heavy atom. The maximum Gasteiger partial charge on any atom is 0.281 e. The summed E-state index contributed by atoms with van der Waals surface area (Å²) in [6, 6.07) is 13.6. The number of halogens is 2. The van der Waals surface area contributed by atoms with E-state index in [2.05, 4.69) is 10.6 Å². The van der Waals surface area contributed by atoms with Crippen molar-refractivity contribution in [3.63, 3.8) is 0 Å². The third kappa shape index (κ3) is 3.57. The van der Waals surface area contributed by atoms with Crippen LogP contribution in [0.5, 0.6) is 5.75 Å². The fraction of sp³-hybridized carbons (Fsp3) is 0.286. The molecule has 1 unspecified atom stereocenters. The summed E-state index contributed by atoms with van der Waals surface area (Å²) in [5.74, 6) is -2.61. The molecular weight excluding hydrogens is 366 g/mol. The van der Waals surface area contributed by atoms with E-state index in [0.717, 1.165) is 5.56 Å². The predicted molar refractivity (Wildman–Crippen MR) is 101 cm³/mol. The van der Waals surface area contributed by atoms with E-state index in [1.165, 1.54) is 0 Å². The van der Waals surface area contributed by atoms with E-state index in [1.807, 2.05) is 30.3 Å². The molecule has 0 aliphatic carbocycles. The van der Waals surface area contributed by atoms with Crippen LogP contribution in [0.15, 0.2) is 52.9 Å². The van der Waals surface area contributed by atoms with Gasteiger partial charge in [0.05, 0.1) is 12.1 Å². The largest absolute Gasteiger partial charge is 0.489 e. The number of ether oxygens (including phenoxy) is 1. The molecule has 5 nitrogen and oxygen atoms in total. The predicted octanol–water partition coefficient (Wildman–Crippen LogP) is 3.66. The number of fused-ring (bicyclic) bond motifs is 1. The molecule has 0 radical (unpaired) electrons. The van der Waals surface area contributed by atoms with Gasteiger partial charge in [-0.15, -0.1) is 0 Å². The monoisotopic (exact) mass is 386 g/mol. The fourth-order valence-electron chi connectivity index (χ4n) is 3.35. The first kappa shape index (κ1) is 18.4. The van der Waals surface area contributed by atoms with Crippen molar-refractivity contribution < 1.29 is 22.7 Å². The number of carbonyl (C=O) groups is 1. The van der Waals surface area contributed by atoms with Crippen molar-refractivity contribution in [2.24, 2.45) is 0 Å². The molecule has 1 aromatic heterocycles. The van der Waals surface area contributed by atoms with Crippen LogP contribution in [0.3, 0.4) is 0 Å². The molecule has 1 amide bonds. The SMILES string of the molecule is Cc1oc2ccc(OCc3ccccc3)cc2c1C(=O)NC1CNCC1(F)F. The van der Waals surface area contributed by atoms with E-state index < -0.39 is 24.4 Å². The van der Waals surface area contributed by atoms with Gasteiger partial charge in [-0.05, 0) is 30.7 Å². The van der Waals surface area contributed by atoms with Gasteiger partial charge in [0.15, 0.2) is 0 Å². The lowest BCUT2D eigenvalue weighted by molar-refractivity contribution is -0.00247. The van der Waals surface area contributed by atoms with E-state index in [4.69, 9.17) is 9.15 Å². The minimum Gasteiger partial charge on any atom is -0.489 e. The lowest BCUT2D eigenvalue weighted by Gasteiger charge is -2.19. The van der Waals surface area contributed by atoms with Crippen molar-refractivity contribution in [1.82, 2.24) is 10.6 Å². The number of alkyl halides is 2. The molecule has 1 saturated heterocycles. The summed E-state index contributed by atoms with van der Waals surface area (Å²) in [6.07, 6.45) is 0. The van der Waals surface area contributed by atoms with Crippen LogP contribution in [-0.2, 0) is 6.61 Å². The maximum atomic E-state index is 13.8. The molecule has 146 valence electrons. The van der Waals surface area contributed by atoms with Crippen LogP contribution >= 0.6 is 0 Å². The Morgan fingerprint density at radius 1 is 1.29 bits per heavy atom. The number of furan rings is 1. The van der Waals surface area contributed by atoms with Crippen LogP contribution in [0.25, 0.3) is 11.0 Å². The first-order valence-electron chi connectivity index (χ1n) is 9.03. The van der Waals surface area contributed by atoms with E-state index in [9.17, 15) is 13.6 Å². The second-order valence-electron chi connectivity index (χ2n) is 6.88. The Balaban J connectivity index is 1.57. The third-order valence-electron chi connectivity index (χ3n) is 4.84. The van der Waals surface area contributed by atoms with Crippen molar-refractivity contribution in [2.45, 2.75) is 25.5 Å². The average Bonchev–Trinajstić information content (AvgIpc) is 3.18. The maximum absolute atomic E-state index is 13.8. The van der Waals surface area contributed by atoms with Gasteiger partial charge in [0.25, 0.3) is 11.8 Å². The van der Waals surface area contributed by atoms with Crippen LogP contribution in [0, 0.1) is 6.92 Å². The van der Waals surface area contributed by atoms with E-state index in [-0.39, 0.29) is 12.1 Å². The fourth-order valence-corrected chi connectivity index (χ4v) is 3.35. The van der Waals surface area contributed by atoms with Gasteiger partial charge in [0.2, 0.25) is 0 Å². The van der Waals surface area contributed by atoms with Crippen molar-refractivity contribution in [3.05, 3.63) is 65.4 Å². The topological polar surface area (TPSA) is 63.5 Å². The molecule has 3 aromatic rings. The van der Waals surface area contributed by atoms with Crippen LogP contribution in [-0.4, -0.2) is 31.0 Å². The summed E-state index contributed by atoms with van der Waals surface area (Å²) < 4.78 is 39.1. The number of amides is 1. The molecule has 0 bridgehead atoms. The Bertz CT molecular complexity index is 1000. The molecule has 28 heavy (non-hydrogen) atoms. The highest BCUT2D eigenvalue weighted by atomic mass is 19.3. The number of rotatable bonds is 5. The normalized spacial score (nSPS) is 18.3. The lowest BCUT2D eigenvalue weighted by atomic mass is 10.1. The molecular formula is C21H20F2N2O3. The standard InChI is InChI=1S/C21H20F2N2O3/c1-13-19(20(26)25-18-10-24-12-21(18,22)23)16-9-15(7-8-17(16)28-13)27-11-14-5-3-2-4-6-14/h2-9,18,24H,10-12H2,1H3,(H,25,26). The van der Waals surface area contributed by atoms with Crippen LogP contribution in [0.4, 0.5) is 8.78 Å². The third-order valence-corrected chi connectivity index (χ3v) is 4.84. The zero-order valence-corrected chi connectivity index (χ0v) is 15.3. The summed E-state index contributed by atoms with van der Waals surface area (Å²) in [7, 11) is 0. The molecule has 4 rings (SSSR count). The highest BCUT2D eigenvalue weighted by Crippen LogP contribution is 2.30. The highest BCUT2D eigenvalue weighted by Gasteiger charge is 2.45. The summed E-state index contributed by atoms with van der Waals surface area (Å²) >= 11 is 0. The molecule has 2 N–H and O–H groups in total. The van der Waals surface area contributed by atoms with Gasteiger partial charge in [-0.25, -0.2) is 8.78 Å². The zero-order valence-electron chi connectivity index (χ0n) is 15.3. The van der Waals surface area contributed by atoms with Gasteiger partial charge in [-0.3, -0.25) is 4.79 Å². The molecule has 2 aromatic carbocycles. The van der Waals surface area contributed by atoms with Gasteiger partial charge in [0.1, 0.15) is 29.7 Å². The number of nitrogens with one attached hydrogen (secondary N) is 2. The van der Waals surface area contributed by atoms with E-state index >= 15 is 0 Å². The Labute approximate surface area is 160 Å². The van der Waals surface area contributed by atoms with Gasteiger partial charge < -0.3 is 19.8 Å². The van der Waals surface area contributed by atoms with Crippen molar-refractivity contribution in [2.75, 3.05) is 13.1 Å². The zero-order chi connectivity index (χ0) is 19.7. The Kier molecular flexibility index (Phi) is 4.77. The van der Waals surface area contributed by atoms with Gasteiger partial charge >= 0.3 is 0 Å². The average molecular weight is 386 g/mol. The summed E-state index contributed by atoms with van der Waals surface area (Å²) in [5, 5.41) is 5.56. The van der Waals surface area contributed by atoms with Gasteiger partial charge in [0, 0.05) is 11.9 Å². The number of hydrogen-bond acceptors (Lipinski definition) is 4. The molecule has 1 aliphatic heterocycles. The lowest BCUT2D eigenvalue weighted by Crippen LogP contribution is -2.46. The molecule has 1 aliphatic rings. The van der Waals surface area contributed by atoms with E-state index in [1.54, 1.807) is 25.1 Å². The summed E-state index contributed by atoms with van der Waals surface area (Å²) in [6.45, 7) is 1.61. The minimum absolute atomic E-state index is 0.0268. The van der Waals surface area contributed by atoms with Crippen molar-refractivity contribution in [3.8, 4) is 5.75 Å². The number of carbonyl (C=O) groups excluding carboxylic acids is 1. The minimum atomic E-state index is -2.98. The molecule has 2 heterocycles. The molecule has 1 fully saturated rings. The highest BCUT2D eigenvalue weighted by molar-refractivity contribution is 6.07. The number of hydrogen-bond donors (Lipinski definition) is 2. The van der Waals surface area contributed by atoms with Gasteiger partial charge in [-0.2, -0.15) is 0 Å². The van der Waals surface area contributed by atoms with Crippen molar-refractivity contribution >= 4 is 16.9 Å². The van der Waals surface area contributed by atoms with Crippen LogP contribution in [0.1, 0.15) is 21.7 Å². The second kappa shape index (κ2) is 7.24. The molecule has 7 heteroatoms. The number of benzene rings is 2. The second-order valence-corrected chi connectivity index (χ2v) is 6.88. The molecule has 0 spiro atoms. The quantitative estimate of drug-likeness (QED) is 0.703. The molecule has 1 atom stereocenters. The smallest absolute Gasteiger partial charge is 0.281 e. The summed E-state index contributed by atoms with van der Waals surface area (Å²) in [4.78, 5) is 12.7.